The third-order valence-corrected chi connectivity index (χ3v) is 4.78. The molecule has 1 heterocycles. The van der Waals surface area contributed by atoms with E-state index in [0.717, 1.165) is 17.0 Å². The number of nitrogens with one attached hydrogen (secondary N) is 1. The summed E-state index contributed by atoms with van der Waals surface area (Å²) >= 11 is 2.15. The third kappa shape index (κ3) is 8.93. The van der Waals surface area contributed by atoms with E-state index in [9.17, 15) is 0 Å². The minimum atomic E-state index is 0.276. The summed E-state index contributed by atoms with van der Waals surface area (Å²) in [5, 5.41) is 5.20. The van der Waals surface area contributed by atoms with Crippen LogP contribution < -0.4 is 5.32 Å². The van der Waals surface area contributed by atoms with Gasteiger partial charge in [-0.15, -0.1) is 0 Å². The van der Waals surface area contributed by atoms with Crippen molar-refractivity contribution in [2.24, 2.45) is 0 Å². The maximum atomic E-state index is 3.56. The van der Waals surface area contributed by atoms with E-state index in [-0.39, 0.29) is 5.54 Å². The monoisotopic (exact) mass is 286 g/mol. The number of nitrogens with zero attached hydrogens (tertiary/aromatic N) is 1. The molecule has 2 unspecified atom stereocenters. The summed E-state index contributed by atoms with van der Waals surface area (Å²) < 4.78 is 0. The molecule has 1 aliphatic rings. The van der Waals surface area contributed by atoms with Crippen LogP contribution in [0.2, 0.25) is 0 Å². The van der Waals surface area contributed by atoms with Gasteiger partial charge in [0.05, 0.1) is 0 Å². The van der Waals surface area contributed by atoms with Gasteiger partial charge in [-0.05, 0) is 46.7 Å². The fourth-order valence-electron chi connectivity index (χ4n) is 2.74. The summed E-state index contributed by atoms with van der Waals surface area (Å²) in [5.41, 5.74) is 0.276. The van der Waals surface area contributed by atoms with E-state index in [4.69, 9.17) is 0 Å². The molecule has 0 spiro atoms. The van der Waals surface area contributed by atoms with Crippen molar-refractivity contribution in [1.82, 2.24) is 10.2 Å². The van der Waals surface area contributed by atoms with Crippen molar-refractivity contribution >= 4 is 11.8 Å². The van der Waals surface area contributed by atoms with Gasteiger partial charge in [0.15, 0.2) is 0 Å². The molecule has 0 aliphatic carbocycles. The summed E-state index contributed by atoms with van der Waals surface area (Å²) in [6, 6.07) is 0. The zero-order valence-corrected chi connectivity index (χ0v) is 14.5. The molecule has 2 atom stereocenters. The Balaban J connectivity index is 1.96. The Labute approximate surface area is 125 Å². The molecule has 114 valence electrons. The molecule has 1 N–H and O–H groups in total. The molecule has 0 bridgehead atoms. The Morgan fingerprint density at radius 2 is 1.58 bits per heavy atom. The molecule has 3 heteroatoms. The van der Waals surface area contributed by atoms with Crippen LogP contribution in [0.25, 0.3) is 0 Å². The highest BCUT2D eigenvalue weighted by molar-refractivity contribution is 8.00. The van der Waals surface area contributed by atoms with Crippen LogP contribution >= 0.6 is 11.8 Å². The van der Waals surface area contributed by atoms with E-state index in [2.05, 4.69) is 56.6 Å². The minimum Gasteiger partial charge on any atom is -0.312 e. The smallest absolute Gasteiger partial charge is 0.0149 e. The van der Waals surface area contributed by atoms with E-state index < -0.39 is 0 Å². The molecule has 0 aromatic carbocycles. The van der Waals surface area contributed by atoms with Crippen LogP contribution in [0.5, 0.6) is 0 Å². The van der Waals surface area contributed by atoms with Crippen LogP contribution in [0.1, 0.15) is 60.3 Å². The van der Waals surface area contributed by atoms with Crippen molar-refractivity contribution in [3.63, 3.8) is 0 Å². The van der Waals surface area contributed by atoms with Gasteiger partial charge in [-0.25, -0.2) is 0 Å². The summed E-state index contributed by atoms with van der Waals surface area (Å²) in [6.45, 7) is 16.5. The van der Waals surface area contributed by atoms with Gasteiger partial charge in [-0.3, -0.25) is 0 Å². The van der Waals surface area contributed by atoms with Crippen LogP contribution in [0.15, 0.2) is 0 Å². The number of hydrogen-bond acceptors (Lipinski definition) is 3. The van der Waals surface area contributed by atoms with Gasteiger partial charge in [0, 0.05) is 29.1 Å². The zero-order chi connectivity index (χ0) is 14.3. The van der Waals surface area contributed by atoms with E-state index >= 15 is 0 Å². The summed E-state index contributed by atoms with van der Waals surface area (Å²) in [5.74, 6) is 0. The maximum absolute atomic E-state index is 3.56. The molecule has 0 radical (unpaired) electrons. The van der Waals surface area contributed by atoms with E-state index in [1.165, 1.54) is 45.3 Å². The van der Waals surface area contributed by atoms with Crippen molar-refractivity contribution in [3.8, 4) is 0 Å². The topological polar surface area (TPSA) is 15.3 Å². The fraction of sp³-hybridized carbons (Fsp3) is 1.00. The fourth-order valence-corrected chi connectivity index (χ4v) is 4.13. The normalized spacial score (nSPS) is 25.7. The molecule has 19 heavy (non-hydrogen) atoms. The lowest BCUT2D eigenvalue weighted by Crippen LogP contribution is -2.40. The van der Waals surface area contributed by atoms with Crippen LogP contribution in [-0.4, -0.2) is 47.1 Å². The summed E-state index contributed by atoms with van der Waals surface area (Å²) in [6.07, 6.45) is 5.45. The average molecular weight is 287 g/mol. The number of thioether (sulfide) groups is 1. The highest BCUT2D eigenvalue weighted by Crippen LogP contribution is 2.24. The van der Waals surface area contributed by atoms with Crippen molar-refractivity contribution in [2.45, 2.75) is 76.3 Å². The average Bonchev–Trinajstić information content (AvgIpc) is 2.25. The Hall–Kier alpha value is 0.270. The molecule has 0 amide bonds. The lowest BCUT2D eigenvalue weighted by Gasteiger charge is -2.34. The van der Waals surface area contributed by atoms with Gasteiger partial charge in [-0.1, -0.05) is 26.7 Å². The number of rotatable bonds is 7. The molecular weight excluding hydrogens is 252 g/mol. The van der Waals surface area contributed by atoms with Crippen molar-refractivity contribution in [3.05, 3.63) is 0 Å². The third-order valence-electron chi connectivity index (χ3n) is 3.55. The summed E-state index contributed by atoms with van der Waals surface area (Å²) in [4.78, 5) is 2.67. The van der Waals surface area contributed by atoms with Gasteiger partial charge in [0.25, 0.3) is 0 Å². The Morgan fingerprint density at radius 1 is 1.00 bits per heavy atom. The SMILES string of the molecule is CC1CN(CCCCCCNC(C)(C)C)CC(C)S1. The second kappa shape index (κ2) is 8.53. The van der Waals surface area contributed by atoms with E-state index in [1.54, 1.807) is 0 Å². The predicted molar refractivity (Wildman–Crippen MR) is 89.2 cm³/mol. The highest BCUT2D eigenvalue weighted by Gasteiger charge is 2.21. The molecular formula is C16H34N2S. The first kappa shape index (κ1) is 17.3. The Bertz CT molecular complexity index is 227. The number of hydrogen-bond donors (Lipinski definition) is 1. The highest BCUT2D eigenvalue weighted by atomic mass is 32.2. The first-order valence-corrected chi connectivity index (χ1v) is 8.94. The predicted octanol–water partition coefficient (Wildman–Crippen LogP) is 3.76. The summed E-state index contributed by atoms with van der Waals surface area (Å²) in [7, 11) is 0. The van der Waals surface area contributed by atoms with Crippen LogP contribution in [0.4, 0.5) is 0 Å². The van der Waals surface area contributed by atoms with Gasteiger partial charge in [0.1, 0.15) is 0 Å². The number of unbranched alkanes of at least 4 members (excludes halogenated alkanes) is 3. The molecule has 1 aliphatic heterocycles. The lowest BCUT2D eigenvalue weighted by atomic mass is 10.1. The quantitative estimate of drug-likeness (QED) is 0.717. The van der Waals surface area contributed by atoms with Crippen LogP contribution in [-0.2, 0) is 0 Å². The lowest BCUT2D eigenvalue weighted by molar-refractivity contribution is 0.264. The van der Waals surface area contributed by atoms with Gasteiger partial charge >= 0.3 is 0 Å². The zero-order valence-electron chi connectivity index (χ0n) is 13.7. The largest absolute Gasteiger partial charge is 0.312 e. The van der Waals surface area contributed by atoms with Crippen molar-refractivity contribution in [2.75, 3.05) is 26.2 Å². The molecule has 2 nitrogen and oxygen atoms in total. The second-order valence-corrected chi connectivity index (χ2v) is 8.99. The first-order valence-electron chi connectivity index (χ1n) is 7.99. The van der Waals surface area contributed by atoms with Crippen LogP contribution in [0, 0.1) is 0 Å². The standard InChI is InChI=1S/C16H34N2S/c1-14-12-18(13-15(2)19-14)11-9-7-6-8-10-17-16(3,4)5/h14-15,17H,6-13H2,1-5H3. The minimum absolute atomic E-state index is 0.276. The van der Waals surface area contributed by atoms with Crippen molar-refractivity contribution < 1.29 is 0 Å². The van der Waals surface area contributed by atoms with E-state index in [0.29, 0.717) is 0 Å². The molecule has 1 saturated heterocycles. The van der Waals surface area contributed by atoms with Gasteiger partial charge in [0.2, 0.25) is 0 Å². The first-order chi connectivity index (χ1) is 8.87. The Morgan fingerprint density at radius 3 is 2.16 bits per heavy atom. The van der Waals surface area contributed by atoms with Gasteiger partial charge < -0.3 is 10.2 Å². The second-order valence-electron chi connectivity index (χ2n) is 7.11. The molecule has 1 rings (SSSR count). The Kier molecular flexibility index (Phi) is 7.78. The van der Waals surface area contributed by atoms with Gasteiger partial charge in [-0.2, -0.15) is 11.8 Å². The molecule has 0 saturated carbocycles. The maximum Gasteiger partial charge on any atom is 0.0149 e. The molecule has 0 aromatic heterocycles. The van der Waals surface area contributed by atoms with Crippen LogP contribution in [0.3, 0.4) is 0 Å². The molecule has 1 fully saturated rings. The molecule has 0 aromatic rings. The van der Waals surface area contributed by atoms with E-state index in [1.807, 2.05) is 0 Å². The van der Waals surface area contributed by atoms with Crippen molar-refractivity contribution in [1.29, 1.82) is 0 Å².